The van der Waals surface area contributed by atoms with Gasteiger partial charge in [0.25, 0.3) is 0 Å². The van der Waals surface area contributed by atoms with Crippen LogP contribution in [0.5, 0.6) is 5.75 Å². The summed E-state index contributed by atoms with van der Waals surface area (Å²) >= 11 is 0. The van der Waals surface area contributed by atoms with Gasteiger partial charge in [-0.25, -0.2) is 0 Å². The molecule has 1 aliphatic heterocycles. The number of benzene rings is 2. The Labute approximate surface area is 199 Å². The monoisotopic (exact) mass is 463 g/mol. The fraction of sp³-hybridized carbons (Fsp3) is 0.308. The Kier molecular flexibility index (Phi) is 7.74. The van der Waals surface area contributed by atoms with Crippen LogP contribution in [0.15, 0.2) is 72.9 Å². The molecular formula is C26H29N3O5. The predicted molar refractivity (Wildman–Crippen MR) is 127 cm³/mol. The summed E-state index contributed by atoms with van der Waals surface area (Å²) in [6, 6.07) is 20.5. The van der Waals surface area contributed by atoms with Gasteiger partial charge in [0.05, 0.1) is 13.2 Å². The van der Waals surface area contributed by atoms with Crippen molar-refractivity contribution in [2.75, 3.05) is 39.5 Å². The lowest BCUT2D eigenvalue weighted by molar-refractivity contribution is -0.888. The topological polar surface area (TPSA) is 97.6 Å². The number of hydrogen-bond acceptors (Lipinski definition) is 5. The fourth-order valence-electron chi connectivity index (χ4n) is 3.82. The zero-order valence-electron chi connectivity index (χ0n) is 19.0. The highest BCUT2D eigenvalue weighted by molar-refractivity contribution is 5.78. The number of nitrogens with zero attached hydrogens (tertiary/aromatic N) is 2. The van der Waals surface area contributed by atoms with Crippen LogP contribution in [-0.2, 0) is 22.5 Å². The first-order valence-electron chi connectivity index (χ1n) is 11.4. The highest BCUT2D eigenvalue weighted by Crippen LogP contribution is 2.22. The third-order valence-electron chi connectivity index (χ3n) is 5.91. The lowest BCUT2D eigenvalue weighted by Crippen LogP contribution is -2.52. The van der Waals surface area contributed by atoms with Crippen LogP contribution in [0.4, 0.5) is 0 Å². The van der Waals surface area contributed by atoms with Gasteiger partial charge >= 0.3 is 0 Å². The van der Waals surface area contributed by atoms with Crippen molar-refractivity contribution in [1.82, 2.24) is 5.32 Å². The minimum atomic E-state index is -0.280. The molecule has 0 aliphatic carbocycles. The molecule has 1 aromatic heterocycles. The number of rotatable bonds is 9. The minimum absolute atomic E-state index is 0.00916. The molecule has 0 atom stereocenters. The third-order valence-corrected chi connectivity index (χ3v) is 5.91. The molecule has 34 heavy (non-hydrogen) atoms. The van der Waals surface area contributed by atoms with E-state index in [9.17, 15) is 15.2 Å². The van der Waals surface area contributed by atoms with Crippen molar-refractivity contribution in [3.05, 3.63) is 94.6 Å². The van der Waals surface area contributed by atoms with Crippen LogP contribution < -0.4 is 14.8 Å². The number of hydrogen-bond donors (Lipinski definition) is 1. The number of aromatic nitrogens is 1. The van der Waals surface area contributed by atoms with E-state index < -0.39 is 0 Å². The fourth-order valence-corrected chi connectivity index (χ4v) is 3.82. The first kappa shape index (κ1) is 23.7. The second-order valence-electron chi connectivity index (χ2n) is 8.39. The van der Waals surface area contributed by atoms with Gasteiger partial charge in [-0.2, -0.15) is 4.73 Å². The van der Waals surface area contributed by atoms with E-state index in [2.05, 4.69) is 5.32 Å². The molecular weight excluding hydrogens is 434 g/mol. The van der Waals surface area contributed by atoms with Crippen molar-refractivity contribution < 1.29 is 23.6 Å². The van der Waals surface area contributed by atoms with Gasteiger partial charge in [0.15, 0.2) is 6.20 Å². The summed E-state index contributed by atoms with van der Waals surface area (Å²) in [6.45, 7) is 3.06. The van der Waals surface area contributed by atoms with Crippen LogP contribution in [-0.4, -0.2) is 50.0 Å². The zero-order valence-corrected chi connectivity index (χ0v) is 19.0. The average Bonchev–Trinajstić information content (AvgIpc) is 2.85. The number of hydroxylamine groups is 3. The van der Waals surface area contributed by atoms with Gasteiger partial charge in [-0.1, -0.05) is 42.5 Å². The summed E-state index contributed by atoms with van der Waals surface area (Å²) in [4.78, 5) is 12.2. The molecule has 0 spiro atoms. The Balaban J connectivity index is 1.29. The van der Waals surface area contributed by atoms with Crippen LogP contribution in [0.3, 0.4) is 0 Å². The standard InChI is InChI=1S/C26H29N3O5/c30-26(27-19-21-4-2-1-3-5-21)18-24-9-6-23(20-28(24)31)22-7-10-25(11-8-22)34-17-14-29(32)12-15-33-16-13-29/h1-11,20H,12-19H2,(H,27,30). The van der Waals surface area contributed by atoms with Gasteiger partial charge in [-0.3, -0.25) is 4.79 Å². The molecule has 1 fully saturated rings. The van der Waals surface area contributed by atoms with E-state index in [1.807, 2.05) is 60.7 Å². The number of quaternary nitrogens is 1. The molecule has 0 radical (unpaired) electrons. The smallest absolute Gasteiger partial charge is 0.230 e. The van der Waals surface area contributed by atoms with Gasteiger partial charge in [0, 0.05) is 18.2 Å². The molecule has 1 N–H and O–H groups in total. The quantitative estimate of drug-likeness (QED) is 0.299. The maximum atomic E-state index is 12.5. The summed E-state index contributed by atoms with van der Waals surface area (Å²) in [5.74, 6) is 0.465. The van der Waals surface area contributed by atoms with Crippen LogP contribution in [0, 0.1) is 10.4 Å². The van der Waals surface area contributed by atoms with E-state index >= 15 is 0 Å². The third kappa shape index (κ3) is 6.54. The maximum absolute atomic E-state index is 12.5. The number of amides is 1. The molecule has 0 bridgehead atoms. The summed E-state index contributed by atoms with van der Waals surface area (Å²) in [7, 11) is 0. The Morgan fingerprint density at radius 2 is 1.71 bits per heavy atom. The van der Waals surface area contributed by atoms with Gasteiger partial charge < -0.3 is 29.9 Å². The van der Waals surface area contributed by atoms with Crippen molar-refractivity contribution in [3.8, 4) is 16.9 Å². The number of ether oxygens (including phenoxy) is 2. The van der Waals surface area contributed by atoms with Crippen molar-refractivity contribution in [2.24, 2.45) is 0 Å². The number of pyridine rings is 1. The zero-order chi connectivity index (χ0) is 23.8. The van der Waals surface area contributed by atoms with E-state index in [0.717, 1.165) is 21.4 Å². The molecule has 8 heteroatoms. The molecule has 0 unspecified atom stereocenters. The molecule has 8 nitrogen and oxygen atoms in total. The first-order valence-corrected chi connectivity index (χ1v) is 11.4. The first-order chi connectivity index (χ1) is 16.5. The normalized spacial score (nSPS) is 15.0. The number of carbonyl (C=O) groups is 1. The Hall–Kier alpha value is -3.46. The lowest BCUT2D eigenvalue weighted by atomic mass is 10.1. The van der Waals surface area contributed by atoms with E-state index in [0.29, 0.717) is 57.4 Å². The SMILES string of the molecule is O=C(Cc1ccc(-c2ccc(OCC[N+]3([O-])CCOCC3)cc2)c[n+]1[O-])NCc1ccccc1. The molecule has 4 rings (SSSR count). The molecule has 178 valence electrons. The van der Waals surface area contributed by atoms with E-state index in [-0.39, 0.29) is 17.0 Å². The predicted octanol–water partition coefficient (Wildman–Crippen LogP) is 2.57. The molecule has 1 saturated heterocycles. The second-order valence-corrected chi connectivity index (χ2v) is 8.39. The maximum Gasteiger partial charge on any atom is 0.230 e. The number of nitrogens with one attached hydrogen (secondary N) is 1. The second kappa shape index (κ2) is 11.1. The van der Waals surface area contributed by atoms with E-state index in [1.165, 1.54) is 6.20 Å². The van der Waals surface area contributed by atoms with E-state index in [1.54, 1.807) is 6.07 Å². The molecule has 0 saturated carbocycles. The average molecular weight is 464 g/mol. The van der Waals surface area contributed by atoms with E-state index in [4.69, 9.17) is 9.47 Å². The number of morpholine rings is 1. The van der Waals surface area contributed by atoms with Crippen LogP contribution >= 0.6 is 0 Å². The summed E-state index contributed by atoms with van der Waals surface area (Å²) in [5.41, 5.74) is 2.99. The van der Waals surface area contributed by atoms with Crippen molar-refractivity contribution in [2.45, 2.75) is 13.0 Å². The Morgan fingerprint density at radius 3 is 2.41 bits per heavy atom. The summed E-state index contributed by atoms with van der Waals surface area (Å²) in [5, 5.41) is 27.8. The van der Waals surface area contributed by atoms with Crippen molar-refractivity contribution >= 4 is 5.91 Å². The number of carbonyl (C=O) groups excluding carboxylic acids is 1. The van der Waals surface area contributed by atoms with Gasteiger partial charge in [-0.15, -0.1) is 0 Å². The van der Waals surface area contributed by atoms with Crippen LogP contribution in [0.2, 0.25) is 0 Å². The summed E-state index contributed by atoms with van der Waals surface area (Å²) in [6.07, 6.45) is 1.48. The van der Waals surface area contributed by atoms with Crippen LogP contribution in [0.25, 0.3) is 11.1 Å². The van der Waals surface area contributed by atoms with Gasteiger partial charge in [-0.05, 0) is 29.3 Å². The summed E-state index contributed by atoms with van der Waals surface area (Å²) < 4.78 is 11.4. The molecule has 1 amide bonds. The van der Waals surface area contributed by atoms with Crippen molar-refractivity contribution in [3.63, 3.8) is 0 Å². The lowest BCUT2D eigenvalue weighted by Gasteiger charge is -2.44. The Morgan fingerprint density at radius 1 is 1.00 bits per heavy atom. The Bertz CT molecular complexity index is 1080. The van der Waals surface area contributed by atoms with Gasteiger partial charge in [0.1, 0.15) is 38.4 Å². The molecule has 2 heterocycles. The highest BCUT2D eigenvalue weighted by Gasteiger charge is 2.21. The van der Waals surface area contributed by atoms with Crippen molar-refractivity contribution in [1.29, 1.82) is 0 Å². The minimum Gasteiger partial charge on any atom is -0.633 e. The molecule has 2 aromatic carbocycles. The van der Waals surface area contributed by atoms with Crippen LogP contribution in [0.1, 0.15) is 11.3 Å². The molecule has 3 aromatic rings. The molecule has 1 aliphatic rings. The highest BCUT2D eigenvalue weighted by atomic mass is 16.6. The largest absolute Gasteiger partial charge is 0.633 e. The van der Waals surface area contributed by atoms with Gasteiger partial charge in [0.2, 0.25) is 11.6 Å².